The summed E-state index contributed by atoms with van der Waals surface area (Å²) in [6.07, 6.45) is 0. The number of phenols is 1. The number of phenolic OH excluding ortho intramolecular Hbond substituents is 1. The fourth-order valence-corrected chi connectivity index (χ4v) is 3.05. The quantitative estimate of drug-likeness (QED) is 0.567. The fourth-order valence-electron chi connectivity index (χ4n) is 3.05. The maximum atomic E-state index is 14.5. The van der Waals surface area contributed by atoms with Crippen molar-refractivity contribution < 1.29 is 19.0 Å². The average molecular weight is 404 g/mol. The number of anilines is 1. The zero-order valence-corrected chi connectivity index (χ0v) is 15.5. The van der Waals surface area contributed by atoms with E-state index in [0.29, 0.717) is 0 Å². The summed E-state index contributed by atoms with van der Waals surface area (Å²) in [5.74, 6) is -2.22. The number of H-pyrrole nitrogens is 1. The van der Waals surface area contributed by atoms with E-state index in [-0.39, 0.29) is 39.2 Å². The minimum Gasteiger partial charge on any atom is -0.507 e. The lowest BCUT2D eigenvalue weighted by molar-refractivity contribution is 0.0600. The topological polar surface area (TPSA) is 153 Å². The molecule has 2 aromatic carbocycles. The molecule has 3 aromatic rings. The predicted octanol–water partition coefficient (Wildman–Crippen LogP) is 2.67. The molecule has 148 valence electrons. The molecule has 0 aliphatic heterocycles. The Morgan fingerprint density at radius 1 is 1.13 bits per heavy atom. The lowest BCUT2D eigenvalue weighted by atomic mass is 9.92. The van der Waals surface area contributed by atoms with E-state index in [0.717, 1.165) is 6.07 Å². The van der Waals surface area contributed by atoms with Crippen LogP contribution in [0.25, 0.3) is 22.3 Å². The van der Waals surface area contributed by atoms with Gasteiger partial charge in [0.25, 0.3) is 5.56 Å². The molecule has 0 atom stereocenters. The second-order valence-corrected chi connectivity index (χ2v) is 6.10. The third-order valence-electron chi connectivity index (χ3n) is 4.45. The van der Waals surface area contributed by atoms with E-state index in [2.05, 4.69) is 9.72 Å². The number of benzene rings is 2. The molecular formula is C21H13FN4O4. The van der Waals surface area contributed by atoms with Crippen molar-refractivity contribution in [2.24, 2.45) is 0 Å². The number of carbonyl (C=O) groups excluding carboxylic acids is 1. The number of nitrogens with one attached hydrogen (secondary N) is 1. The van der Waals surface area contributed by atoms with E-state index in [1.807, 2.05) is 0 Å². The molecule has 1 aromatic heterocycles. The van der Waals surface area contributed by atoms with Crippen LogP contribution in [0.1, 0.15) is 21.5 Å². The number of aromatic nitrogens is 1. The first kappa shape index (κ1) is 20.1. The molecule has 1 heterocycles. The molecule has 0 saturated heterocycles. The van der Waals surface area contributed by atoms with Crippen molar-refractivity contribution >= 4 is 11.8 Å². The third kappa shape index (κ3) is 3.21. The number of carbonyl (C=O) groups is 1. The molecule has 30 heavy (non-hydrogen) atoms. The first-order valence-electron chi connectivity index (χ1n) is 8.40. The van der Waals surface area contributed by atoms with Crippen molar-refractivity contribution in [3.05, 3.63) is 69.3 Å². The van der Waals surface area contributed by atoms with Gasteiger partial charge in [0, 0.05) is 22.3 Å². The normalized spacial score (nSPS) is 10.1. The van der Waals surface area contributed by atoms with Crippen LogP contribution in [0.3, 0.4) is 0 Å². The molecule has 0 spiro atoms. The van der Waals surface area contributed by atoms with Gasteiger partial charge in [-0.05, 0) is 18.2 Å². The van der Waals surface area contributed by atoms with Crippen LogP contribution >= 0.6 is 0 Å². The summed E-state index contributed by atoms with van der Waals surface area (Å²) >= 11 is 0. The van der Waals surface area contributed by atoms with Crippen LogP contribution in [0.2, 0.25) is 0 Å². The van der Waals surface area contributed by atoms with E-state index >= 15 is 0 Å². The van der Waals surface area contributed by atoms with Gasteiger partial charge in [-0.3, -0.25) is 4.79 Å². The van der Waals surface area contributed by atoms with Gasteiger partial charge < -0.3 is 20.6 Å². The summed E-state index contributed by atoms with van der Waals surface area (Å²) in [4.78, 5) is 26.1. The van der Waals surface area contributed by atoms with E-state index in [1.54, 1.807) is 12.1 Å². The number of nitrogens with zero attached hydrogens (tertiary/aromatic N) is 2. The summed E-state index contributed by atoms with van der Waals surface area (Å²) in [7, 11) is 1.17. The molecule has 0 aliphatic rings. The molecule has 9 heteroatoms. The highest BCUT2D eigenvalue weighted by molar-refractivity contribution is 5.93. The highest BCUT2D eigenvalue weighted by Crippen LogP contribution is 2.41. The van der Waals surface area contributed by atoms with Gasteiger partial charge in [0.1, 0.15) is 40.6 Å². The number of hydrogen-bond donors (Lipinski definition) is 3. The zero-order valence-electron chi connectivity index (χ0n) is 15.5. The Morgan fingerprint density at radius 3 is 2.43 bits per heavy atom. The number of rotatable bonds is 3. The van der Waals surface area contributed by atoms with Crippen molar-refractivity contribution in [3.63, 3.8) is 0 Å². The van der Waals surface area contributed by atoms with Crippen LogP contribution in [-0.2, 0) is 4.74 Å². The van der Waals surface area contributed by atoms with E-state index in [1.165, 1.54) is 37.4 Å². The maximum Gasteiger partial charge on any atom is 0.337 e. The largest absolute Gasteiger partial charge is 0.507 e. The number of nitrogen functional groups attached to an aromatic ring is 1. The molecule has 0 aliphatic carbocycles. The predicted molar refractivity (Wildman–Crippen MR) is 105 cm³/mol. The molecule has 0 saturated carbocycles. The summed E-state index contributed by atoms with van der Waals surface area (Å²) in [5.41, 5.74) is 3.87. The van der Waals surface area contributed by atoms with Crippen molar-refractivity contribution in [2.75, 3.05) is 12.8 Å². The monoisotopic (exact) mass is 404 g/mol. The summed E-state index contributed by atoms with van der Waals surface area (Å²) in [6, 6.07) is 11.1. The number of methoxy groups -OCH3 is 1. The number of ether oxygens (including phenoxy) is 1. The van der Waals surface area contributed by atoms with Gasteiger partial charge in [-0.25, -0.2) is 9.18 Å². The number of nitriles is 2. The highest BCUT2D eigenvalue weighted by Gasteiger charge is 2.23. The Hall–Kier alpha value is -4.63. The molecule has 8 nitrogen and oxygen atoms in total. The van der Waals surface area contributed by atoms with E-state index < -0.39 is 28.7 Å². The minimum atomic E-state index is -0.840. The number of halogens is 1. The van der Waals surface area contributed by atoms with Crippen LogP contribution in [0.5, 0.6) is 5.75 Å². The Balaban J connectivity index is 2.36. The fraction of sp³-hybridized carbons (Fsp3) is 0.0476. The van der Waals surface area contributed by atoms with Crippen LogP contribution in [0, 0.1) is 28.5 Å². The van der Waals surface area contributed by atoms with Gasteiger partial charge in [-0.15, -0.1) is 0 Å². The average Bonchev–Trinajstić information content (AvgIpc) is 2.73. The maximum absolute atomic E-state index is 14.5. The second-order valence-electron chi connectivity index (χ2n) is 6.10. The van der Waals surface area contributed by atoms with Crippen LogP contribution in [0.15, 0.2) is 41.2 Å². The summed E-state index contributed by atoms with van der Waals surface area (Å²) in [6.45, 7) is 0. The number of aromatic hydroxyl groups is 1. The van der Waals surface area contributed by atoms with Gasteiger partial charge in [0.05, 0.1) is 12.7 Å². The van der Waals surface area contributed by atoms with Crippen molar-refractivity contribution in [1.82, 2.24) is 4.98 Å². The molecule has 0 bridgehead atoms. The number of nitrogens with two attached hydrogens (primary N) is 1. The standard InChI is InChI=1S/C21H13FN4O4/c1-30-21(29)10-5-6-16(22)13(7-10)11-3-2-4-12(18(11)27)17-14(8-23)19(25)26-20(28)15(17)9-24/h2-7,27H,1H3,(H3,25,26,28). The lowest BCUT2D eigenvalue weighted by Crippen LogP contribution is -2.16. The van der Waals surface area contributed by atoms with Gasteiger partial charge in [0.2, 0.25) is 0 Å². The Labute approximate surface area is 169 Å². The molecule has 4 N–H and O–H groups in total. The Bertz CT molecular complexity index is 1330. The van der Waals surface area contributed by atoms with Gasteiger partial charge in [-0.2, -0.15) is 10.5 Å². The first-order chi connectivity index (χ1) is 14.3. The molecule has 3 rings (SSSR count). The van der Waals surface area contributed by atoms with E-state index in [4.69, 9.17) is 5.73 Å². The minimum absolute atomic E-state index is 0.0256. The summed E-state index contributed by atoms with van der Waals surface area (Å²) < 4.78 is 19.1. The Morgan fingerprint density at radius 2 is 1.80 bits per heavy atom. The third-order valence-corrected chi connectivity index (χ3v) is 4.45. The molecule has 0 amide bonds. The number of para-hydroxylation sites is 1. The number of pyridine rings is 1. The zero-order chi connectivity index (χ0) is 22.0. The summed E-state index contributed by atoms with van der Waals surface area (Å²) in [5, 5.41) is 29.7. The molecule has 0 unspecified atom stereocenters. The van der Waals surface area contributed by atoms with Gasteiger partial charge in [-0.1, -0.05) is 18.2 Å². The highest BCUT2D eigenvalue weighted by atomic mass is 19.1. The molecule has 0 fully saturated rings. The SMILES string of the molecule is COC(=O)c1ccc(F)c(-c2cccc(-c3c(C#N)c(N)[nH]c(=O)c3C#N)c2O)c1. The lowest BCUT2D eigenvalue weighted by Gasteiger charge is -2.14. The smallest absolute Gasteiger partial charge is 0.337 e. The van der Waals surface area contributed by atoms with Crippen molar-refractivity contribution in [1.29, 1.82) is 10.5 Å². The molecule has 0 radical (unpaired) electrons. The number of esters is 1. The van der Waals surface area contributed by atoms with Crippen molar-refractivity contribution in [2.45, 2.75) is 0 Å². The van der Waals surface area contributed by atoms with E-state index in [9.17, 15) is 29.6 Å². The van der Waals surface area contributed by atoms with Gasteiger partial charge >= 0.3 is 5.97 Å². The Kier molecular flexibility index (Phi) is 5.21. The first-order valence-corrected chi connectivity index (χ1v) is 8.40. The number of hydrogen-bond acceptors (Lipinski definition) is 7. The number of aromatic amines is 1. The van der Waals surface area contributed by atoms with Crippen LogP contribution < -0.4 is 11.3 Å². The van der Waals surface area contributed by atoms with Crippen molar-refractivity contribution in [3.8, 4) is 40.1 Å². The van der Waals surface area contributed by atoms with Crippen LogP contribution in [0.4, 0.5) is 10.2 Å². The molecular weight excluding hydrogens is 391 g/mol. The van der Waals surface area contributed by atoms with Crippen LogP contribution in [-0.4, -0.2) is 23.2 Å². The van der Waals surface area contributed by atoms with Gasteiger partial charge in [0.15, 0.2) is 0 Å². The second kappa shape index (κ2) is 7.78.